The number of carboxylic acids is 1. The summed E-state index contributed by atoms with van der Waals surface area (Å²) in [7, 11) is 0. The molecule has 1 heterocycles. The summed E-state index contributed by atoms with van der Waals surface area (Å²) in [6, 6.07) is 5.42. The summed E-state index contributed by atoms with van der Waals surface area (Å²) in [4.78, 5) is 29.3. The first-order valence-corrected chi connectivity index (χ1v) is 6.78. The molecule has 5 nitrogen and oxygen atoms in total. The number of nitrogens with one attached hydrogen (secondary N) is 1. The first kappa shape index (κ1) is 14.0. The molecule has 2 aromatic rings. The third-order valence-corrected chi connectivity index (χ3v) is 3.68. The van der Waals surface area contributed by atoms with Gasteiger partial charge in [0.25, 0.3) is 5.56 Å². The molecule has 2 N–H and O–H groups in total. The monoisotopic (exact) mass is 386 g/mol. The van der Waals surface area contributed by atoms with Crippen LogP contribution in [0.1, 0.15) is 16.1 Å². The molecule has 0 fully saturated rings. The average molecular weight is 388 g/mol. The molecule has 0 spiro atoms. The van der Waals surface area contributed by atoms with Crippen LogP contribution in [0.25, 0.3) is 11.4 Å². The molecule has 0 aliphatic carbocycles. The molecule has 0 aliphatic rings. The summed E-state index contributed by atoms with van der Waals surface area (Å²) in [5, 5.41) is 8.93. The Kier molecular flexibility index (Phi) is 3.86. The SMILES string of the molecule is Cc1nc(-c2cc(Br)ccc2Br)[nH]c(=O)c1C(=O)O. The molecular formula is C12H8Br2N2O3. The second kappa shape index (κ2) is 5.26. The number of aromatic nitrogens is 2. The van der Waals surface area contributed by atoms with Crippen molar-refractivity contribution in [3.05, 3.63) is 48.8 Å². The van der Waals surface area contributed by atoms with Crippen molar-refractivity contribution in [3.63, 3.8) is 0 Å². The topological polar surface area (TPSA) is 83.0 Å². The third kappa shape index (κ3) is 2.76. The summed E-state index contributed by atoms with van der Waals surface area (Å²) < 4.78 is 1.58. The van der Waals surface area contributed by atoms with E-state index in [0.29, 0.717) is 11.4 Å². The van der Waals surface area contributed by atoms with E-state index in [0.717, 1.165) is 8.95 Å². The molecule has 0 aliphatic heterocycles. The largest absolute Gasteiger partial charge is 0.477 e. The number of hydrogen-bond donors (Lipinski definition) is 2. The van der Waals surface area contributed by atoms with E-state index < -0.39 is 11.5 Å². The van der Waals surface area contributed by atoms with Gasteiger partial charge in [-0.25, -0.2) is 9.78 Å². The van der Waals surface area contributed by atoms with Gasteiger partial charge in [0.05, 0.1) is 5.69 Å². The van der Waals surface area contributed by atoms with Crippen LogP contribution in [0.15, 0.2) is 31.9 Å². The van der Waals surface area contributed by atoms with Crippen molar-refractivity contribution >= 4 is 37.8 Å². The van der Waals surface area contributed by atoms with E-state index in [1.807, 2.05) is 6.07 Å². The van der Waals surface area contributed by atoms with Crippen LogP contribution in [0.3, 0.4) is 0 Å². The minimum atomic E-state index is -1.29. The Balaban J connectivity index is 2.68. The number of aryl methyl sites for hydroxylation is 1. The molecule has 1 aromatic carbocycles. The molecule has 0 atom stereocenters. The molecule has 0 radical (unpaired) electrons. The Morgan fingerprint density at radius 1 is 1.37 bits per heavy atom. The highest BCUT2D eigenvalue weighted by atomic mass is 79.9. The molecule has 0 saturated carbocycles. The van der Waals surface area contributed by atoms with E-state index >= 15 is 0 Å². The second-order valence-corrected chi connectivity index (χ2v) is 5.57. The summed E-state index contributed by atoms with van der Waals surface area (Å²) in [5.74, 6) is -0.966. The Morgan fingerprint density at radius 3 is 2.63 bits per heavy atom. The molecular weight excluding hydrogens is 380 g/mol. The first-order valence-electron chi connectivity index (χ1n) is 5.20. The van der Waals surface area contributed by atoms with Crippen LogP contribution in [0.5, 0.6) is 0 Å². The fraction of sp³-hybridized carbons (Fsp3) is 0.0833. The minimum Gasteiger partial charge on any atom is -0.477 e. The fourth-order valence-electron chi connectivity index (χ4n) is 1.64. The van der Waals surface area contributed by atoms with Gasteiger partial charge in [-0.2, -0.15) is 0 Å². The fourth-order valence-corrected chi connectivity index (χ4v) is 2.44. The molecule has 98 valence electrons. The van der Waals surface area contributed by atoms with Crippen molar-refractivity contribution in [2.24, 2.45) is 0 Å². The number of benzene rings is 1. The van der Waals surface area contributed by atoms with Gasteiger partial charge in [0.2, 0.25) is 0 Å². The number of hydrogen-bond acceptors (Lipinski definition) is 3. The summed E-state index contributed by atoms with van der Waals surface area (Å²) in [6.07, 6.45) is 0. The molecule has 1 aromatic heterocycles. The van der Waals surface area contributed by atoms with Gasteiger partial charge in [-0.15, -0.1) is 0 Å². The van der Waals surface area contributed by atoms with E-state index in [1.54, 1.807) is 12.1 Å². The van der Waals surface area contributed by atoms with E-state index in [9.17, 15) is 9.59 Å². The van der Waals surface area contributed by atoms with E-state index in [4.69, 9.17) is 5.11 Å². The lowest BCUT2D eigenvalue weighted by Crippen LogP contribution is -2.21. The van der Waals surface area contributed by atoms with Crippen LogP contribution in [0.2, 0.25) is 0 Å². The van der Waals surface area contributed by atoms with Crippen LogP contribution in [0, 0.1) is 6.92 Å². The minimum absolute atomic E-state index is 0.179. The summed E-state index contributed by atoms with van der Waals surface area (Å²) in [5.41, 5.74) is -0.151. The number of aromatic amines is 1. The van der Waals surface area contributed by atoms with Crippen molar-refractivity contribution in [2.75, 3.05) is 0 Å². The number of nitrogens with zero attached hydrogens (tertiary/aromatic N) is 1. The van der Waals surface area contributed by atoms with Gasteiger partial charge >= 0.3 is 5.97 Å². The van der Waals surface area contributed by atoms with Crippen LogP contribution in [-0.2, 0) is 0 Å². The highest BCUT2D eigenvalue weighted by molar-refractivity contribution is 9.11. The molecule has 0 bridgehead atoms. The van der Waals surface area contributed by atoms with Gasteiger partial charge in [-0.05, 0) is 25.1 Å². The lowest BCUT2D eigenvalue weighted by Gasteiger charge is -2.07. The predicted molar refractivity (Wildman–Crippen MR) is 77.4 cm³/mol. The second-order valence-electron chi connectivity index (χ2n) is 3.80. The highest BCUT2D eigenvalue weighted by Crippen LogP contribution is 2.28. The Morgan fingerprint density at radius 2 is 2.05 bits per heavy atom. The number of aromatic carboxylic acids is 1. The number of halogens is 2. The zero-order valence-electron chi connectivity index (χ0n) is 9.70. The normalized spacial score (nSPS) is 10.5. The summed E-state index contributed by atoms with van der Waals surface area (Å²) in [6.45, 7) is 1.49. The maximum Gasteiger partial charge on any atom is 0.343 e. The predicted octanol–water partition coefficient (Wildman–Crippen LogP) is 2.97. The molecule has 2 rings (SSSR count). The van der Waals surface area contributed by atoms with E-state index in [-0.39, 0.29) is 11.3 Å². The van der Waals surface area contributed by atoms with Crippen LogP contribution < -0.4 is 5.56 Å². The number of rotatable bonds is 2. The van der Waals surface area contributed by atoms with Crippen molar-refractivity contribution < 1.29 is 9.90 Å². The number of carboxylic acid groups (broad SMARTS) is 1. The van der Waals surface area contributed by atoms with Gasteiger partial charge in [0, 0.05) is 14.5 Å². The van der Waals surface area contributed by atoms with Gasteiger partial charge in [-0.1, -0.05) is 31.9 Å². The summed E-state index contributed by atoms with van der Waals surface area (Å²) >= 11 is 6.70. The Hall–Kier alpha value is -1.47. The molecule has 0 amide bonds. The lowest BCUT2D eigenvalue weighted by atomic mass is 10.2. The Labute approximate surface area is 125 Å². The Bertz CT molecular complexity index is 725. The van der Waals surface area contributed by atoms with Crippen LogP contribution in [-0.4, -0.2) is 21.0 Å². The smallest absolute Gasteiger partial charge is 0.343 e. The molecule has 7 heteroatoms. The zero-order valence-corrected chi connectivity index (χ0v) is 12.9. The highest BCUT2D eigenvalue weighted by Gasteiger charge is 2.16. The lowest BCUT2D eigenvalue weighted by molar-refractivity contribution is 0.0693. The molecule has 19 heavy (non-hydrogen) atoms. The van der Waals surface area contributed by atoms with Gasteiger partial charge in [-0.3, -0.25) is 4.79 Å². The zero-order chi connectivity index (χ0) is 14.2. The maximum absolute atomic E-state index is 11.8. The van der Waals surface area contributed by atoms with E-state index in [2.05, 4.69) is 41.8 Å². The standard InChI is InChI=1S/C12H8Br2N2O3/c1-5-9(12(18)19)11(17)16-10(15-5)7-4-6(13)2-3-8(7)14/h2-4H,1H3,(H,18,19)(H,15,16,17). The van der Waals surface area contributed by atoms with Crippen LogP contribution in [0.4, 0.5) is 0 Å². The van der Waals surface area contributed by atoms with Gasteiger partial charge in [0.15, 0.2) is 0 Å². The molecule has 0 unspecified atom stereocenters. The average Bonchev–Trinajstić information content (AvgIpc) is 2.30. The van der Waals surface area contributed by atoms with Crippen molar-refractivity contribution in [1.82, 2.24) is 9.97 Å². The molecule has 0 saturated heterocycles. The number of carbonyl (C=O) groups is 1. The van der Waals surface area contributed by atoms with E-state index in [1.165, 1.54) is 6.92 Å². The van der Waals surface area contributed by atoms with Crippen LogP contribution >= 0.6 is 31.9 Å². The van der Waals surface area contributed by atoms with Gasteiger partial charge < -0.3 is 10.1 Å². The van der Waals surface area contributed by atoms with Gasteiger partial charge in [0.1, 0.15) is 11.4 Å². The number of H-pyrrole nitrogens is 1. The quantitative estimate of drug-likeness (QED) is 0.829. The van der Waals surface area contributed by atoms with Crippen molar-refractivity contribution in [1.29, 1.82) is 0 Å². The van der Waals surface area contributed by atoms with Crippen molar-refractivity contribution in [3.8, 4) is 11.4 Å². The third-order valence-electron chi connectivity index (χ3n) is 2.50. The van der Waals surface area contributed by atoms with Crippen molar-refractivity contribution in [2.45, 2.75) is 6.92 Å². The first-order chi connectivity index (χ1) is 8.90. The maximum atomic E-state index is 11.8.